The molecule has 132 valence electrons. The van der Waals surface area contributed by atoms with Crippen molar-refractivity contribution in [2.75, 3.05) is 12.4 Å². The van der Waals surface area contributed by atoms with Crippen LogP contribution in [-0.4, -0.2) is 7.11 Å². The predicted octanol–water partition coefficient (Wildman–Crippen LogP) is 6.28. The molecule has 2 nitrogen and oxygen atoms in total. The van der Waals surface area contributed by atoms with Crippen LogP contribution < -0.4 is 10.1 Å². The maximum atomic E-state index is 6.33. The van der Waals surface area contributed by atoms with Crippen molar-refractivity contribution in [2.24, 2.45) is 5.92 Å². The molecule has 0 saturated carbocycles. The van der Waals surface area contributed by atoms with Gasteiger partial charge in [0, 0.05) is 16.6 Å². The summed E-state index contributed by atoms with van der Waals surface area (Å²) in [6, 6.07) is 25.4. The number of benzene rings is 3. The van der Waals surface area contributed by atoms with Gasteiger partial charge in [0.05, 0.1) is 13.2 Å². The molecule has 3 atom stereocenters. The first-order valence-corrected chi connectivity index (χ1v) is 9.30. The van der Waals surface area contributed by atoms with E-state index in [2.05, 4.69) is 66.8 Å². The van der Waals surface area contributed by atoms with Crippen LogP contribution in [0.25, 0.3) is 0 Å². The Labute approximate surface area is 159 Å². The number of methoxy groups -OCH3 is 1. The molecule has 3 heteroatoms. The minimum Gasteiger partial charge on any atom is -0.497 e. The molecular weight excluding hydrogens is 342 g/mol. The highest BCUT2D eigenvalue weighted by molar-refractivity contribution is 6.30. The summed E-state index contributed by atoms with van der Waals surface area (Å²) >= 11 is 6.33. The van der Waals surface area contributed by atoms with E-state index in [9.17, 15) is 0 Å². The Balaban J connectivity index is 1.82. The Bertz CT molecular complexity index is 892. The van der Waals surface area contributed by atoms with E-state index in [1.165, 1.54) is 16.7 Å². The average molecular weight is 364 g/mol. The van der Waals surface area contributed by atoms with E-state index in [0.717, 1.165) is 16.5 Å². The van der Waals surface area contributed by atoms with Crippen molar-refractivity contribution in [3.8, 4) is 5.75 Å². The minimum atomic E-state index is 0.247. The smallest absolute Gasteiger partial charge is 0.118 e. The van der Waals surface area contributed by atoms with Crippen LogP contribution in [0.2, 0.25) is 5.02 Å². The molecule has 0 unspecified atom stereocenters. The predicted molar refractivity (Wildman–Crippen MR) is 108 cm³/mol. The summed E-state index contributed by atoms with van der Waals surface area (Å²) < 4.78 is 5.33. The molecule has 0 saturated heterocycles. The zero-order valence-corrected chi connectivity index (χ0v) is 15.7. The van der Waals surface area contributed by atoms with Crippen molar-refractivity contribution in [2.45, 2.75) is 18.9 Å². The largest absolute Gasteiger partial charge is 0.497 e. The van der Waals surface area contributed by atoms with Gasteiger partial charge >= 0.3 is 0 Å². The monoisotopic (exact) mass is 363 g/mol. The molecule has 0 aromatic heterocycles. The first kappa shape index (κ1) is 17.0. The summed E-state index contributed by atoms with van der Waals surface area (Å²) in [5, 5.41) is 4.50. The Morgan fingerprint density at radius 2 is 1.62 bits per heavy atom. The summed E-state index contributed by atoms with van der Waals surface area (Å²) in [5.41, 5.74) is 4.99. The number of hydrogen-bond donors (Lipinski definition) is 1. The van der Waals surface area contributed by atoms with Gasteiger partial charge in [0.1, 0.15) is 5.75 Å². The molecule has 0 amide bonds. The van der Waals surface area contributed by atoms with E-state index in [-0.39, 0.29) is 12.0 Å². The third kappa shape index (κ3) is 3.06. The lowest BCUT2D eigenvalue weighted by Crippen LogP contribution is -2.30. The molecule has 26 heavy (non-hydrogen) atoms. The quantitative estimate of drug-likeness (QED) is 0.591. The molecule has 0 radical (unpaired) electrons. The van der Waals surface area contributed by atoms with Gasteiger partial charge in [0.25, 0.3) is 0 Å². The number of ether oxygens (including phenoxy) is 1. The van der Waals surface area contributed by atoms with Crippen molar-refractivity contribution in [1.29, 1.82) is 0 Å². The number of hydrogen-bond acceptors (Lipinski definition) is 2. The van der Waals surface area contributed by atoms with Crippen molar-refractivity contribution >= 4 is 17.3 Å². The Morgan fingerprint density at radius 3 is 2.31 bits per heavy atom. The maximum Gasteiger partial charge on any atom is 0.118 e. The molecule has 0 aliphatic carbocycles. The van der Waals surface area contributed by atoms with Gasteiger partial charge < -0.3 is 10.1 Å². The number of rotatable bonds is 3. The number of halogens is 1. The molecule has 0 bridgehead atoms. The van der Waals surface area contributed by atoms with Crippen molar-refractivity contribution in [1.82, 2.24) is 0 Å². The SMILES string of the molecule is COc1ccc([C@@H]2c3cc(Cl)ccc3N[C@H](c3ccccc3)[C@H]2C)cc1. The average Bonchev–Trinajstić information content (AvgIpc) is 2.68. The number of fused-ring (bicyclic) bond motifs is 1. The van der Waals surface area contributed by atoms with Crippen molar-refractivity contribution < 1.29 is 4.74 Å². The third-order valence-electron chi connectivity index (χ3n) is 5.34. The molecule has 3 aromatic rings. The lowest BCUT2D eigenvalue weighted by Gasteiger charge is -2.40. The number of nitrogens with one attached hydrogen (secondary N) is 1. The minimum absolute atomic E-state index is 0.247. The van der Waals surface area contributed by atoms with Gasteiger partial charge in [-0.15, -0.1) is 0 Å². The molecule has 0 spiro atoms. The van der Waals surface area contributed by atoms with E-state index in [0.29, 0.717) is 5.92 Å². The Morgan fingerprint density at radius 1 is 0.885 bits per heavy atom. The zero-order chi connectivity index (χ0) is 18.1. The van der Waals surface area contributed by atoms with Crippen LogP contribution in [0.4, 0.5) is 5.69 Å². The highest BCUT2D eigenvalue weighted by Gasteiger charge is 2.35. The zero-order valence-electron chi connectivity index (χ0n) is 14.9. The van der Waals surface area contributed by atoms with Crippen molar-refractivity contribution in [3.63, 3.8) is 0 Å². The molecule has 3 aromatic carbocycles. The van der Waals surface area contributed by atoms with Crippen molar-refractivity contribution in [3.05, 3.63) is 94.5 Å². The molecular formula is C23H22ClNO. The van der Waals surface area contributed by atoms with E-state index >= 15 is 0 Å². The summed E-state index contributed by atoms with van der Waals surface area (Å²) in [6.07, 6.45) is 0. The van der Waals surface area contributed by atoms with Crippen LogP contribution in [-0.2, 0) is 0 Å². The lowest BCUT2D eigenvalue weighted by atomic mass is 9.73. The fourth-order valence-corrected chi connectivity index (χ4v) is 4.22. The second-order valence-electron chi connectivity index (χ2n) is 6.87. The molecule has 4 rings (SSSR count). The van der Waals surface area contributed by atoms with Crippen LogP contribution in [0, 0.1) is 5.92 Å². The van der Waals surface area contributed by atoms with Gasteiger partial charge in [-0.25, -0.2) is 0 Å². The van der Waals surface area contributed by atoms with Gasteiger partial charge in [0.2, 0.25) is 0 Å². The second kappa shape index (κ2) is 7.05. The highest BCUT2D eigenvalue weighted by Crippen LogP contribution is 2.48. The van der Waals surface area contributed by atoms with Crippen LogP contribution in [0.1, 0.15) is 35.6 Å². The standard InChI is InChI=1S/C23H22ClNO/c1-15-22(16-8-11-19(26-2)12-9-16)20-14-18(24)10-13-21(20)25-23(15)17-6-4-3-5-7-17/h3-15,22-23,25H,1-2H3/t15-,22+,23-/m0/s1. The fourth-order valence-electron chi connectivity index (χ4n) is 4.04. The van der Waals surface area contributed by atoms with Crippen LogP contribution >= 0.6 is 11.6 Å². The summed E-state index contributed by atoms with van der Waals surface area (Å²) in [4.78, 5) is 0. The molecule has 1 heterocycles. The Hall–Kier alpha value is -2.45. The van der Waals surface area contributed by atoms with E-state index < -0.39 is 0 Å². The van der Waals surface area contributed by atoms with E-state index in [1.807, 2.05) is 18.2 Å². The molecule has 1 aliphatic rings. The summed E-state index contributed by atoms with van der Waals surface area (Å²) in [5.74, 6) is 1.51. The normalized spacial score (nSPS) is 21.6. The van der Waals surface area contributed by atoms with E-state index in [1.54, 1.807) is 7.11 Å². The second-order valence-corrected chi connectivity index (χ2v) is 7.31. The third-order valence-corrected chi connectivity index (χ3v) is 5.58. The fraction of sp³-hybridized carbons (Fsp3) is 0.217. The molecule has 1 N–H and O–H groups in total. The maximum absolute atomic E-state index is 6.33. The van der Waals surface area contributed by atoms with Gasteiger partial charge in [-0.3, -0.25) is 0 Å². The topological polar surface area (TPSA) is 21.3 Å². The van der Waals surface area contributed by atoms with Crippen LogP contribution in [0.3, 0.4) is 0 Å². The number of anilines is 1. The molecule has 0 fully saturated rings. The van der Waals surface area contributed by atoms with Gasteiger partial charge in [-0.05, 0) is 52.9 Å². The van der Waals surface area contributed by atoms with Gasteiger partial charge in [-0.2, -0.15) is 0 Å². The van der Waals surface area contributed by atoms with E-state index in [4.69, 9.17) is 16.3 Å². The van der Waals surface area contributed by atoms with Gasteiger partial charge in [-0.1, -0.05) is 61.0 Å². The highest BCUT2D eigenvalue weighted by atomic mass is 35.5. The summed E-state index contributed by atoms with van der Waals surface area (Å²) in [6.45, 7) is 2.31. The summed E-state index contributed by atoms with van der Waals surface area (Å²) in [7, 11) is 1.70. The first-order chi connectivity index (χ1) is 12.7. The van der Waals surface area contributed by atoms with Gasteiger partial charge in [0.15, 0.2) is 0 Å². The van der Waals surface area contributed by atoms with Crippen LogP contribution in [0.5, 0.6) is 5.75 Å². The first-order valence-electron chi connectivity index (χ1n) is 8.92. The van der Waals surface area contributed by atoms with Crippen LogP contribution in [0.15, 0.2) is 72.8 Å². The lowest BCUT2D eigenvalue weighted by molar-refractivity contribution is 0.412. The Kier molecular flexibility index (Phi) is 4.60. The molecule has 1 aliphatic heterocycles.